The Morgan fingerprint density at radius 1 is 1.18 bits per heavy atom. The molecule has 2 rings (SSSR count). The number of nitrogens with zero attached hydrogens (tertiary/aromatic N) is 2. The topological polar surface area (TPSA) is 72.0 Å². The van der Waals surface area contributed by atoms with E-state index in [0.29, 0.717) is 23.2 Å². The molecular weight excluding hydrogens is 461 g/mol. The van der Waals surface area contributed by atoms with E-state index in [4.69, 9.17) is 11.6 Å². The van der Waals surface area contributed by atoms with Crippen molar-refractivity contribution in [3.05, 3.63) is 71.2 Å². The summed E-state index contributed by atoms with van der Waals surface area (Å²) in [5.74, 6) is 0.513. The highest BCUT2D eigenvalue weighted by molar-refractivity contribution is 7.90. The molecule has 0 saturated heterocycles. The van der Waals surface area contributed by atoms with Crippen LogP contribution in [0.2, 0.25) is 0 Å². The maximum atomic E-state index is 13.0. The fourth-order valence-electron chi connectivity index (χ4n) is 3.20. The largest absolute Gasteiger partial charge is 0.356 e. The molecule has 0 bridgehead atoms. The quantitative estimate of drug-likeness (QED) is 0.429. The molecule has 0 unspecified atom stereocenters. The van der Waals surface area contributed by atoms with Crippen LogP contribution in [-0.4, -0.2) is 24.6 Å². The molecule has 0 fully saturated rings. The van der Waals surface area contributed by atoms with Crippen LogP contribution in [-0.2, 0) is 9.84 Å². The number of halogens is 2. The fraction of sp³-hybridized carbons (Fsp3) is 0.440. The second-order valence-corrected chi connectivity index (χ2v) is 10.7. The first-order chi connectivity index (χ1) is 15.4. The van der Waals surface area contributed by atoms with E-state index in [1.165, 1.54) is 24.7 Å². The van der Waals surface area contributed by atoms with Gasteiger partial charge in [-0.2, -0.15) is 0 Å². The Hall–Kier alpha value is -2.25. The van der Waals surface area contributed by atoms with Gasteiger partial charge in [0.15, 0.2) is 9.84 Å². The van der Waals surface area contributed by atoms with Crippen molar-refractivity contribution in [3.63, 3.8) is 0 Å². The summed E-state index contributed by atoms with van der Waals surface area (Å²) in [4.78, 5) is 8.19. The predicted octanol–water partition coefficient (Wildman–Crippen LogP) is 6.51. The van der Waals surface area contributed by atoms with E-state index in [1.54, 1.807) is 18.2 Å². The molecule has 0 aliphatic rings. The zero-order chi connectivity index (χ0) is 25.2. The number of allylic oxidation sites excluding steroid dienone is 2. The van der Waals surface area contributed by atoms with E-state index in [2.05, 4.69) is 42.6 Å². The Balaban J connectivity index is 0.000000412. The summed E-state index contributed by atoms with van der Waals surface area (Å²) >= 11 is 6.33. The van der Waals surface area contributed by atoms with Gasteiger partial charge in [0.25, 0.3) is 0 Å². The van der Waals surface area contributed by atoms with Gasteiger partial charge in [0.2, 0.25) is 0 Å². The third-order valence-electron chi connectivity index (χ3n) is 5.31. The van der Waals surface area contributed by atoms with Gasteiger partial charge >= 0.3 is 0 Å². The van der Waals surface area contributed by atoms with Crippen LogP contribution in [0.15, 0.2) is 58.9 Å². The molecule has 33 heavy (non-hydrogen) atoms. The molecule has 0 amide bonds. The number of aryl methyl sites for hydroxylation is 1. The fourth-order valence-corrected chi connectivity index (χ4v) is 3.94. The van der Waals surface area contributed by atoms with Gasteiger partial charge in [-0.15, -0.1) is 0 Å². The molecular formula is C25H35ClFN3O2S. The number of nitrogens with one attached hydrogen (secondary N) is 1. The third-order valence-corrected chi connectivity index (χ3v) is 6.61. The number of aromatic nitrogens is 2. The van der Waals surface area contributed by atoms with E-state index in [9.17, 15) is 12.8 Å². The molecule has 8 heteroatoms. The lowest BCUT2D eigenvalue weighted by molar-refractivity contribution is 0.361. The van der Waals surface area contributed by atoms with E-state index in [1.807, 2.05) is 13.8 Å². The highest BCUT2D eigenvalue weighted by Gasteiger charge is 2.22. The Kier molecular flexibility index (Phi) is 11.7. The van der Waals surface area contributed by atoms with Gasteiger partial charge < -0.3 is 5.32 Å². The Bertz CT molecular complexity index is 1030. The van der Waals surface area contributed by atoms with Crippen LogP contribution in [0.25, 0.3) is 5.70 Å². The van der Waals surface area contributed by atoms with E-state index in [0.717, 1.165) is 35.7 Å². The number of rotatable bonds is 9. The predicted molar refractivity (Wildman–Crippen MR) is 135 cm³/mol. The molecule has 0 spiro atoms. The monoisotopic (exact) mass is 495 g/mol. The molecule has 2 aromatic rings. The maximum Gasteiger partial charge on any atom is 0.177 e. The van der Waals surface area contributed by atoms with Gasteiger partial charge in [0.05, 0.1) is 22.5 Å². The lowest BCUT2D eigenvalue weighted by Crippen LogP contribution is -2.25. The second-order valence-electron chi connectivity index (χ2n) is 8.10. The highest BCUT2D eigenvalue weighted by Crippen LogP contribution is 2.31. The summed E-state index contributed by atoms with van der Waals surface area (Å²) in [7, 11) is -3.08. The maximum absolute atomic E-state index is 13.0. The van der Waals surface area contributed by atoms with Gasteiger partial charge in [-0.25, -0.2) is 12.8 Å². The van der Waals surface area contributed by atoms with E-state index >= 15 is 0 Å². The van der Waals surface area contributed by atoms with Gasteiger partial charge in [-0.1, -0.05) is 51.8 Å². The molecule has 182 valence electrons. The molecule has 0 aliphatic carbocycles. The minimum atomic E-state index is -3.08. The van der Waals surface area contributed by atoms with Crippen molar-refractivity contribution in [2.24, 2.45) is 11.8 Å². The Labute approximate surface area is 203 Å². The number of sulfone groups is 1. The van der Waals surface area contributed by atoms with Gasteiger partial charge in [-0.3, -0.25) is 9.97 Å². The Morgan fingerprint density at radius 3 is 2.27 bits per heavy atom. The van der Waals surface area contributed by atoms with Crippen molar-refractivity contribution in [1.82, 2.24) is 15.3 Å². The van der Waals surface area contributed by atoms with Crippen molar-refractivity contribution < 1.29 is 12.8 Å². The number of hydrogen-bond donors (Lipinski definition) is 1. The van der Waals surface area contributed by atoms with Crippen LogP contribution in [0.1, 0.15) is 58.3 Å². The van der Waals surface area contributed by atoms with Gasteiger partial charge in [-0.05, 0) is 50.5 Å². The molecule has 2 atom stereocenters. The van der Waals surface area contributed by atoms with Crippen molar-refractivity contribution in [3.8, 4) is 0 Å². The summed E-state index contributed by atoms with van der Waals surface area (Å²) in [6.45, 7) is 14.3. The van der Waals surface area contributed by atoms with Crippen LogP contribution in [0.3, 0.4) is 0 Å². The van der Waals surface area contributed by atoms with Crippen LogP contribution in [0, 0.1) is 24.6 Å². The molecule has 2 aromatic heterocycles. The average Bonchev–Trinajstić information content (AvgIpc) is 2.76. The first-order valence-electron chi connectivity index (χ1n) is 11.0. The smallest absolute Gasteiger partial charge is 0.177 e. The normalized spacial score (nSPS) is 13.8. The summed E-state index contributed by atoms with van der Waals surface area (Å²) < 4.78 is 34.8. The molecule has 0 aromatic carbocycles. The lowest BCUT2D eigenvalue weighted by atomic mass is 9.85. The first kappa shape index (κ1) is 28.8. The van der Waals surface area contributed by atoms with E-state index in [-0.39, 0.29) is 10.7 Å². The third kappa shape index (κ3) is 9.64. The molecule has 0 radical (unpaired) electrons. The molecule has 0 saturated carbocycles. The minimum absolute atomic E-state index is 0.267. The zero-order valence-corrected chi connectivity index (χ0v) is 21.9. The second kappa shape index (κ2) is 13.5. The standard InChI is InChI=1S/C18H26ClFN2.C7H9NO2S/c1-6-8-16(12(3)7-2)18(13(4)19)22-14(5)17-10-9-15(20)11-21-17;1-6-3-4-7(5-8-6)11(2,9)10/h9-12,16,22H,5-8H2,1-4H3;3-5H,1-2H3/b18-13+;/t12-,16+;/m0./s1. The molecule has 5 nitrogen and oxygen atoms in total. The minimum Gasteiger partial charge on any atom is -0.356 e. The van der Waals surface area contributed by atoms with Gasteiger partial charge in [0, 0.05) is 34.8 Å². The van der Waals surface area contributed by atoms with Crippen LogP contribution in [0.5, 0.6) is 0 Å². The van der Waals surface area contributed by atoms with Gasteiger partial charge in [0.1, 0.15) is 5.82 Å². The zero-order valence-electron chi connectivity index (χ0n) is 20.3. The number of pyridine rings is 2. The van der Waals surface area contributed by atoms with Crippen LogP contribution >= 0.6 is 11.6 Å². The van der Waals surface area contributed by atoms with Crippen LogP contribution < -0.4 is 5.32 Å². The summed E-state index contributed by atoms with van der Waals surface area (Å²) in [5, 5.41) is 4.06. The Morgan fingerprint density at radius 2 is 1.85 bits per heavy atom. The SMILES string of the molecule is C=C(N/C(=C(\C)Cl)[C@H](CCC)[C@@H](C)CC)c1ccc(F)cn1.Cc1ccc(S(C)(=O)=O)cn1. The number of hydrogen-bond acceptors (Lipinski definition) is 5. The summed E-state index contributed by atoms with van der Waals surface area (Å²) in [6.07, 6.45) is 6.96. The summed E-state index contributed by atoms with van der Waals surface area (Å²) in [6, 6.07) is 6.22. The lowest BCUT2D eigenvalue weighted by Gasteiger charge is -2.28. The van der Waals surface area contributed by atoms with Crippen molar-refractivity contribution in [2.75, 3.05) is 6.26 Å². The summed E-state index contributed by atoms with van der Waals surface area (Å²) in [5.41, 5.74) is 3.07. The molecule has 2 heterocycles. The van der Waals surface area contributed by atoms with Crippen molar-refractivity contribution in [2.45, 2.75) is 58.8 Å². The van der Waals surface area contributed by atoms with Crippen molar-refractivity contribution in [1.29, 1.82) is 0 Å². The molecule has 1 N–H and O–H groups in total. The average molecular weight is 496 g/mol. The first-order valence-corrected chi connectivity index (χ1v) is 13.2. The highest BCUT2D eigenvalue weighted by atomic mass is 35.5. The van der Waals surface area contributed by atoms with E-state index < -0.39 is 9.84 Å². The van der Waals surface area contributed by atoms with Crippen molar-refractivity contribution >= 4 is 27.1 Å². The van der Waals surface area contributed by atoms with Crippen LogP contribution in [0.4, 0.5) is 4.39 Å². The molecule has 0 aliphatic heterocycles.